The number of aryl methyl sites for hydroxylation is 2. The van der Waals surface area contributed by atoms with Gasteiger partial charge in [-0.3, -0.25) is 9.78 Å². The lowest BCUT2D eigenvalue weighted by molar-refractivity contribution is 0.0493. The first-order valence-corrected chi connectivity index (χ1v) is 17.9. The van der Waals surface area contributed by atoms with Crippen LogP contribution in [0.25, 0.3) is 11.3 Å². The molecule has 2 aliphatic heterocycles. The van der Waals surface area contributed by atoms with E-state index < -0.39 is 16.1 Å². The lowest BCUT2D eigenvalue weighted by Crippen LogP contribution is -2.47. The van der Waals surface area contributed by atoms with E-state index in [1.807, 2.05) is 32.0 Å². The van der Waals surface area contributed by atoms with Crippen molar-refractivity contribution in [3.63, 3.8) is 0 Å². The number of nitrogens with one attached hydrogen (secondary N) is 1. The maximum absolute atomic E-state index is 14.5. The van der Waals surface area contributed by atoms with E-state index in [0.717, 1.165) is 41.9 Å². The SMILES string of the molecule is CCC(C)(C)C[C@@H]1COc2cc(-c3c(C)cccc3C)nc(n2)NS(=O)(=O)c2cccc(c2)C(=O)N1Cc1cncc(N2CC[C@H]2C)n1. The molecule has 2 atom stereocenters. The Morgan fingerprint density at radius 2 is 1.77 bits per heavy atom. The highest BCUT2D eigenvalue weighted by Gasteiger charge is 2.33. The monoisotopic (exact) mass is 669 g/mol. The summed E-state index contributed by atoms with van der Waals surface area (Å²) < 4.78 is 36.4. The van der Waals surface area contributed by atoms with Crippen LogP contribution in [0.2, 0.25) is 0 Å². The normalized spacial score (nSPS) is 19.2. The van der Waals surface area contributed by atoms with Crippen molar-refractivity contribution in [1.82, 2.24) is 24.8 Å². The van der Waals surface area contributed by atoms with Gasteiger partial charge in [0.1, 0.15) is 12.4 Å². The Morgan fingerprint density at radius 1 is 1.02 bits per heavy atom. The molecule has 2 aliphatic rings. The number of aromatic nitrogens is 4. The number of carbonyl (C=O) groups excluding carboxylic acids is 1. The number of sulfonamides is 1. The van der Waals surface area contributed by atoms with Crippen molar-refractivity contribution >= 4 is 27.7 Å². The first kappa shape index (κ1) is 33.3. The minimum atomic E-state index is -4.17. The van der Waals surface area contributed by atoms with Gasteiger partial charge in [-0.05, 0) is 68.4 Å². The second kappa shape index (κ2) is 13.1. The fraction of sp³-hybridized carbons (Fsp3) is 0.417. The fourth-order valence-electron chi connectivity index (χ4n) is 6.26. The van der Waals surface area contributed by atoms with Crippen molar-refractivity contribution in [2.75, 3.05) is 22.8 Å². The summed E-state index contributed by atoms with van der Waals surface area (Å²) in [4.78, 5) is 36.9. The van der Waals surface area contributed by atoms with E-state index in [1.165, 1.54) is 12.1 Å². The number of hydrogen-bond donors (Lipinski definition) is 1. The number of rotatable bonds is 7. The first-order valence-electron chi connectivity index (χ1n) is 16.4. The molecule has 0 radical (unpaired) electrons. The average molecular weight is 670 g/mol. The first-order chi connectivity index (χ1) is 22.8. The third kappa shape index (κ3) is 6.99. The minimum absolute atomic E-state index is 0.0740. The van der Waals surface area contributed by atoms with Crippen molar-refractivity contribution in [3.05, 3.63) is 83.3 Å². The zero-order chi connectivity index (χ0) is 34.2. The molecule has 6 rings (SSSR count). The number of amides is 1. The van der Waals surface area contributed by atoms with E-state index in [1.54, 1.807) is 35.5 Å². The van der Waals surface area contributed by atoms with Crippen molar-refractivity contribution in [2.45, 2.75) is 84.3 Å². The number of carbonyl (C=O) groups is 1. The van der Waals surface area contributed by atoms with Crippen LogP contribution in [-0.4, -0.2) is 64.4 Å². The minimum Gasteiger partial charge on any atom is -0.475 e. The number of fused-ring (bicyclic) bond motifs is 4. The van der Waals surface area contributed by atoms with Crippen LogP contribution in [-0.2, 0) is 16.6 Å². The molecule has 0 spiro atoms. The summed E-state index contributed by atoms with van der Waals surface area (Å²) in [6.45, 7) is 13.8. The van der Waals surface area contributed by atoms with Crippen molar-refractivity contribution < 1.29 is 17.9 Å². The Labute approximate surface area is 282 Å². The second-order valence-corrected chi connectivity index (χ2v) is 15.3. The largest absolute Gasteiger partial charge is 0.475 e. The zero-order valence-corrected chi connectivity index (χ0v) is 29.2. The predicted molar refractivity (Wildman–Crippen MR) is 185 cm³/mol. The average Bonchev–Trinajstić information content (AvgIpc) is 3.04. The van der Waals surface area contributed by atoms with Crippen LogP contribution in [0.4, 0.5) is 11.8 Å². The Bertz CT molecular complexity index is 1930. The van der Waals surface area contributed by atoms with E-state index in [4.69, 9.17) is 9.72 Å². The summed E-state index contributed by atoms with van der Waals surface area (Å²) >= 11 is 0. The van der Waals surface area contributed by atoms with Gasteiger partial charge < -0.3 is 14.5 Å². The van der Waals surface area contributed by atoms with Crippen LogP contribution >= 0.6 is 0 Å². The molecule has 0 unspecified atom stereocenters. The lowest BCUT2D eigenvalue weighted by Gasteiger charge is -2.40. The summed E-state index contributed by atoms with van der Waals surface area (Å²) in [5.74, 6) is 0.533. The molecule has 0 saturated carbocycles. The van der Waals surface area contributed by atoms with E-state index >= 15 is 0 Å². The van der Waals surface area contributed by atoms with Crippen molar-refractivity contribution in [1.29, 1.82) is 0 Å². The van der Waals surface area contributed by atoms with Gasteiger partial charge in [-0.15, -0.1) is 0 Å². The topological polar surface area (TPSA) is 131 Å². The summed E-state index contributed by atoms with van der Waals surface area (Å²) in [6, 6.07) is 13.7. The quantitative estimate of drug-likeness (QED) is 0.245. The molecule has 1 fully saturated rings. The van der Waals surface area contributed by atoms with Gasteiger partial charge in [0.2, 0.25) is 11.8 Å². The molecular formula is C36H43N7O4S. The number of nitrogens with zero attached hydrogens (tertiary/aromatic N) is 6. The number of benzene rings is 2. The van der Waals surface area contributed by atoms with Gasteiger partial charge >= 0.3 is 0 Å². The zero-order valence-electron chi connectivity index (χ0n) is 28.4. The molecule has 48 heavy (non-hydrogen) atoms. The Kier molecular flexibility index (Phi) is 9.12. The molecule has 4 aromatic rings. The molecule has 0 aliphatic carbocycles. The van der Waals surface area contributed by atoms with Crippen LogP contribution in [0, 0.1) is 19.3 Å². The third-order valence-corrected chi connectivity index (χ3v) is 10.9. The molecule has 252 valence electrons. The number of anilines is 2. The van der Waals surface area contributed by atoms with Gasteiger partial charge in [0.05, 0.1) is 41.3 Å². The second-order valence-electron chi connectivity index (χ2n) is 13.6. The van der Waals surface area contributed by atoms with Gasteiger partial charge in [0.15, 0.2) is 0 Å². The van der Waals surface area contributed by atoms with Crippen LogP contribution in [0.5, 0.6) is 5.88 Å². The molecule has 2 aromatic carbocycles. The van der Waals surface area contributed by atoms with Gasteiger partial charge in [-0.25, -0.2) is 23.1 Å². The summed E-state index contributed by atoms with van der Waals surface area (Å²) in [5.41, 5.74) is 4.09. The molecule has 4 heterocycles. The smallest absolute Gasteiger partial charge is 0.264 e. The summed E-state index contributed by atoms with van der Waals surface area (Å²) in [7, 11) is -4.17. The molecule has 11 nitrogen and oxygen atoms in total. The van der Waals surface area contributed by atoms with E-state index in [0.29, 0.717) is 23.9 Å². The highest BCUT2D eigenvalue weighted by Crippen LogP contribution is 2.33. The van der Waals surface area contributed by atoms with Crippen LogP contribution in [0.15, 0.2) is 65.8 Å². The van der Waals surface area contributed by atoms with Crippen LogP contribution in [0.3, 0.4) is 0 Å². The number of ether oxygens (including phenoxy) is 1. The standard InChI is InChI=1S/C36H43N7O4S/c1-7-36(5,6)18-28-22-47-32-17-30(33-23(2)10-8-11-24(33)3)39-35(40-32)41-48(45,46)29-13-9-12-26(16-29)34(44)43(28)21-27-19-37-20-31(38-27)42-15-14-25(42)4/h8-13,16-17,19-20,25,28H,7,14-15,18,21-22H2,1-6H3,(H,39,40,41)/t25-,28-/m1/s1. The van der Waals surface area contributed by atoms with E-state index in [2.05, 4.69) is 52.3 Å². The Morgan fingerprint density at radius 3 is 2.46 bits per heavy atom. The highest BCUT2D eigenvalue weighted by molar-refractivity contribution is 7.92. The lowest BCUT2D eigenvalue weighted by atomic mass is 9.83. The molecule has 4 bridgehead atoms. The van der Waals surface area contributed by atoms with Crippen LogP contribution in [0.1, 0.15) is 74.1 Å². The Balaban J connectivity index is 1.48. The summed E-state index contributed by atoms with van der Waals surface area (Å²) in [5, 5.41) is 0. The molecular weight excluding hydrogens is 627 g/mol. The highest BCUT2D eigenvalue weighted by atomic mass is 32.2. The maximum atomic E-state index is 14.5. The van der Waals surface area contributed by atoms with E-state index in [-0.39, 0.29) is 46.8 Å². The van der Waals surface area contributed by atoms with E-state index in [9.17, 15) is 13.2 Å². The number of hydrogen-bond acceptors (Lipinski definition) is 9. The molecule has 2 aromatic heterocycles. The van der Waals surface area contributed by atoms with Crippen molar-refractivity contribution in [3.8, 4) is 17.1 Å². The van der Waals surface area contributed by atoms with Gasteiger partial charge in [0.25, 0.3) is 15.9 Å². The maximum Gasteiger partial charge on any atom is 0.264 e. The van der Waals surface area contributed by atoms with Gasteiger partial charge in [0, 0.05) is 29.8 Å². The van der Waals surface area contributed by atoms with Gasteiger partial charge in [-0.2, -0.15) is 4.98 Å². The molecule has 1 amide bonds. The van der Waals surface area contributed by atoms with Crippen LogP contribution < -0.4 is 14.4 Å². The van der Waals surface area contributed by atoms with Crippen molar-refractivity contribution in [2.24, 2.45) is 5.41 Å². The van der Waals surface area contributed by atoms with Gasteiger partial charge in [-0.1, -0.05) is 51.5 Å². The predicted octanol–water partition coefficient (Wildman–Crippen LogP) is 6.18. The third-order valence-electron chi connectivity index (χ3n) is 9.55. The molecule has 12 heteroatoms. The summed E-state index contributed by atoms with van der Waals surface area (Å²) in [6.07, 6.45) is 6.02. The Hall–Kier alpha value is -4.58. The molecule has 1 saturated heterocycles. The fourth-order valence-corrected chi connectivity index (χ4v) is 7.25. The molecule has 1 N–H and O–H groups in total.